The molecule has 1 saturated heterocycles. The third kappa shape index (κ3) is 4.34. The molecule has 4 N–H and O–H groups in total. The third-order valence-electron chi connectivity index (χ3n) is 6.92. The lowest BCUT2D eigenvalue weighted by atomic mass is 9.71. The molecule has 2 heterocycles. The van der Waals surface area contributed by atoms with E-state index in [1.807, 2.05) is 13.0 Å². The van der Waals surface area contributed by atoms with E-state index in [4.69, 9.17) is 20.3 Å². The van der Waals surface area contributed by atoms with Crippen molar-refractivity contribution < 1.29 is 34.1 Å². The summed E-state index contributed by atoms with van der Waals surface area (Å²) in [6.45, 7) is 1.41. The number of carbonyl (C=O) groups is 3. The number of anilines is 1. The van der Waals surface area contributed by atoms with Crippen molar-refractivity contribution in [2.45, 2.75) is 50.2 Å². The number of nitrogen functional groups attached to an aromatic ring is 1. The Morgan fingerprint density at radius 3 is 2.50 bits per heavy atom. The summed E-state index contributed by atoms with van der Waals surface area (Å²) in [6.07, 6.45) is 3.54. The number of ketones is 2. The minimum absolute atomic E-state index is 0.0134. The van der Waals surface area contributed by atoms with Crippen molar-refractivity contribution in [2.75, 3.05) is 25.6 Å². The van der Waals surface area contributed by atoms with Crippen LogP contribution >= 0.6 is 0 Å². The highest BCUT2D eigenvalue weighted by Crippen LogP contribution is 2.59. The maximum atomic E-state index is 13.7. The number of Topliss-reactive ketones (excluding diaryl/α,β-unsaturated/α-hetero) is 2. The fraction of sp³-hybridized carbons (Fsp3) is 0.407. The zero-order chi connectivity index (χ0) is 25.9. The monoisotopic (exact) mass is 494 g/mol. The van der Waals surface area contributed by atoms with Crippen LogP contribution in [-0.2, 0) is 20.7 Å². The molecule has 0 bridgehead atoms. The second-order valence-corrected chi connectivity index (χ2v) is 9.19. The predicted octanol–water partition coefficient (Wildman–Crippen LogP) is 2.20. The van der Waals surface area contributed by atoms with Crippen LogP contribution in [-0.4, -0.2) is 63.8 Å². The van der Waals surface area contributed by atoms with Crippen molar-refractivity contribution >= 4 is 23.4 Å². The highest BCUT2D eigenvalue weighted by Gasteiger charge is 2.85. The summed E-state index contributed by atoms with van der Waals surface area (Å²) in [5, 5.41) is 19.2. The number of hydrogen-bond acceptors (Lipinski definition) is 9. The number of aromatic nitrogens is 1. The second kappa shape index (κ2) is 10.3. The molecule has 2 aromatic rings. The van der Waals surface area contributed by atoms with E-state index in [-0.39, 0.29) is 37.4 Å². The highest BCUT2D eigenvalue weighted by molar-refractivity contribution is 6.32. The number of aliphatic hydroxyl groups excluding tert-OH is 2. The van der Waals surface area contributed by atoms with Gasteiger partial charge in [-0.1, -0.05) is 29.8 Å². The van der Waals surface area contributed by atoms with Gasteiger partial charge in [0.15, 0.2) is 11.4 Å². The standard InChI is InChI=1S/C27H30N2O7/c1-17(8-9-18-10-11-29-22(28)14-18)19(16-31)15-26-23(32)20-6-2-3-7-21(20)24(33)27(26,36-26)25(34)35-13-5-4-12-30/h2-3,6-7,10-11,14,30-31H,4-5,8-9,12-13,15-16H2,1H3,(H2,28,29). The van der Waals surface area contributed by atoms with Crippen LogP contribution in [0.4, 0.5) is 5.82 Å². The van der Waals surface area contributed by atoms with E-state index in [0.717, 1.165) is 11.1 Å². The van der Waals surface area contributed by atoms with Crippen molar-refractivity contribution in [3.63, 3.8) is 0 Å². The molecule has 9 nitrogen and oxygen atoms in total. The summed E-state index contributed by atoms with van der Waals surface area (Å²) in [5.41, 5.74) is 4.51. The Balaban J connectivity index is 1.64. The number of unbranched alkanes of at least 4 members (excludes halogenated alkanes) is 1. The summed E-state index contributed by atoms with van der Waals surface area (Å²) >= 11 is 0. The first-order valence-corrected chi connectivity index (χ1v) is 12.0. The molecule has 0 spiro atoms. The van der Waals surface area contributed by atoms with E-state index < -0.39 is 28.7 Å². The van der Waals surface area contributed by atoms with E-state index in [1.165, 1.54) is 6.07 Å². The molecule has 9 heteroatoms. The van der Waals surface area contributed by atoms with Crippen LogP contribution in [0, 0.1) is 0 Å². The number of nitrogens with two attached hydrogens (primary N) is 1. The lowest BCUT2D eigenvalue weighted by Gasteiger charge is -2.25. The molecule has 2 aliphatic rings. The van der Waals surface area contributed by atoms with Gasteiger partial charge in [0.05, 0.1) is 13.2 Å². The van der Waals surface area contributed by atoms with Gasteiger partial charge in [0.2, 0.25) is 5.78 Å². The number of epoxide rings is 1. The number of rotatable bonds is 11. The number of fused-ring (bicyclic) bond motifs is 2. The maximum Gasteiger partial charge on any atom is 0.350 e. The van der Waals surface area contributed by atoms with Crippen LogP contribution in [0.15, 0.2) is 53.7 Å². The second-order valence-electron chi connectivity index (χ2n) is 9.19. The molecule has 1 aromatic carbocycles. The fourth-order valence-electron chi connectivity index (χ4n) is 4.78. The van der Waals surface area contributed by atoms with Crippen molar-refractivity contribution in [2.24, 2.45) is 0 Å². The fourth-order valence-corrected chi connectivity index (χ4v) is 4.78. The Labute approximate surface area is 208 Å². The van der Waals surface area contributed by atoms with E-state index in [0.29, 0.717) is 37.1 Å². The molecule has 190 valence electrons. The number of allylic oxidation sites excluding steroid dienone is 1. The zero-order valence-electron chi connectivity index (χ0n) is 20.2. The molecule has 0 saturated carbocycles. The average molecular weight is 495 g/mol. The number of ether oxygens (including phenoxy) is 2. The number of carbonyl (C=O) groups excluding carboxylic acids is 3. The van der Waals surface area contributed by atoms with Crippen LogP contribution in [0.3, 0.4) is 0 Å². The molecule has 4 rings (SSSR count). The van der Waals surface area contributed by atoms with E-state index in [9.17, 15) is 19.5 Å². The van der Waals surface area contributed by atoms with E-state index in [2.05, 4.69) is 4.98 Å². The van der Waals surface area contributed by atoms with Crippen molar-refractivity contribution in [1.29, 1.82) is 0 Å². The highest BCUT2D eigenvalue weighted by atomic mass is 16.7. The number of pyridine rings is 1. The molecule has 0 amide bonds. The molecule has 36 heavy (non-hydrogen) atoms. The molecule has 1 aliphatic carbocycles. The minimum Gasteiger partial charge on any atom is -0.463 e. The van der Waals surface area contributed by atoms with Gasteiger partial charge in [0, 0.05) is 30.4 Å². The van der Waals surface area contributed by atoms with Gasteiger partial charge in [-0.25, -0.2) is 9.78 Å². The van der Waals surface area contributed by atoms with Crippen molar-refractivity contribution in [3.8, 4) is 0 Å². The Bertz CT molecular complexity index is 1220. The largest absolute Gasteiger partial charge is 0.463 e. The number of aliphatic hydroxyl groups is 2. The SMILES string of the molecule is CC(CCc1ccnc(N)c1)=C(CO)CC12OC1(C(=O)OCCCCO)C(=O)c1ccccc1C2=O. The van der Waals surface area contributed by atoms with Gasteiger partial charge in [-0.3, -0.25) is 9.59 Å². The molecule has 2 atom stereocenters. The van der Waals surface area contributed by atoms with Gasteiger partial charge in [-0.15, -0.1) is 0 Å². The van der Waals surface area contributed by atoms with Gasteiger partial charge in [-0.05, 0) is 55.9 Å². The minimum atomic E-state index is -2.09. The van der Waals surface area contributed by atoms with Gasteiger partial charge < -0.3 is 25.4 Å². The van der Waals surface area contributed by atoms with Crippen molar-refractivity contribution in [1.82, 2.24) is 4.98 Å². The topological polar surface area (TPSA) is 152 Å². The van der Waals surface area contributed by atoms with Crippen LogP contribution in [0.2, 0.25) is 0 Å². The predicted molar refractivity (Wildman–Crippen MR) is 130 cm³/mol. The van der Waals surface area contributed by atoms with Crippen LogP contribution in [0.5, 0.6) is 0 Å². The summed E-state index contributed by atoms with van der Waals surface area (Å²) in [6, 6.07) is 9.92. The number of benzene rings is 1. The lowest BCUT2D eigenvalue weighted by molar-refractivity contribution is -0.148. The summed E-state index contributed by atoms with van der Waals surface area (Å²) < 4.78 is 11.2. The summed E-state index contributed by atoms with van der Waals surface area (Å²) in [4.78, 5) is 44.4. The van der Waals surface area contributed by atoms with Crippen LogP contribution in [0.1, 0.15) is 58.9 Å². The number of esters is 1. The van der Waals surface area contributed by atoms with Gasteiger partial charge in [-0.2, -0.15) is 0 Å². The quantitative estimate of drug-likeness (QED) is 0.140. The van der Waals surface area contributed by atoms with Crippen molar-refractivity contribution in [3.05, 3.63) is 70.4 Å². The molecule has 0 radical (unpaired) electrons. The third-order valence-corrected chi connectivity index (χ3v) is 6.92. The Morgan fingerprint density at radius 1 is 1.11 bits per heavy atom. The molecule has 1 aromatic heterocycles. The van der Waals surface area contributed by atoms with Crippen LogP contribution < -0.4 is 5.73 Å². The smallest absolute Gasteiger partial charge is 0.350 e. The Morgan fingerprint density at radius 2 is 1.83 bits per heavy atom. The number of aryl methyl sites for hydroxylation is 1. The lowest BCUT2D eigenvalue weighted by Crippen LogP contribution is -2.51. The average Bonchev–Trinajstić information content (AvgIpc) is 3.59. The zero-order valence-corrected chi connectivity index (χ0v) is 20.2. The number of nitrogens with zero attached hydrogens (tertiary/aromatic N) is 1. The molecule has 1 aliphatic heterocycles. The first kappa shape index (κ1) is 25.7. The molecular formula is C27H30N2O7. The molecule has 2 unspecified atom stereocenters. The normalized spacial score (nSPS) is 23.0. The maximum absolute atomic E-state index is 13.7. The van der Waals surface area contributed by atoms with E-state index >= 15 is 0 Å². The van der Waals surface area contributed by atoms with Gasteiger partial charge in [0.1, 0.15) is 5.82 Å². The number of hydrogen-bond donors (Lipinski definition) is 3. The van der Waals surface area contributed by atoms with Gasteiger partial charge >= 0.3 is 5.97 Å². The molecule has 1 fully saturated rings. The first-order chi connectivity index (χ1) is 17.3. The molecular weight excluding hydrogens is 464 g/mol. The summed E-state index contributed by atoms with van der Waals surface area (Å²) in [7, 11) is 0. The Kier molecular flexibility index (Phi) is 7.35. The van der Waals surface area contributed by atoms with E-state index in [1.54, 1.807) is 30.5 Å². The first-order valence-electron chi connectivity index (χ1n) is 12.0. The van der Waals surface area contributed by atoms with Crippen LogP contribution in [0.25, 0.3) is 0 Å². The Hall–Kier alpha value is -3.40. The summed E-state index contributed by atoms with van der Waals surface area (Å²) in [5.74, 6) is -1.61. The van der Waals surface area contributed by atoms with Gasteiger partial charge in [0.25, 0.3) is 5.60 Å².